The summed E-state index contributed by atoms with van der Waals surface area (Å²) < 4.78 is 0. The SMILES string of the molecule is CNC(=O)[C@@H](C)N(Cc1cccc(C)c1)C(=O)CCSc1ccc(Cl)cc1. The van der Waals surface area contributed by atoms with E-state index in [9.17, 15) is 9.59 Å². The Balaban J connectivity index is 2.03. The van der Waals surface area contributed by atoms with Crippen LogP contribution in [-0.4, -0.2) is 35.6 Å². The largest absolute Gasteiger partial charge is 0.357 e. The minimum Gasteiger partial charge on any atom is -0.357 e. The van der Waals surface area contributed by atoms with Crippen LogP contribution in [-0.2, 0) is 16.1 Å². The molecule has 0 aliphatic heterocycles. The molecule has 0 aromatic heterocycles. The summed E-state index contributed by atoms with van der Waals surface area (Å²) in [4.78, 5) is 27.7. The Morgan fingerprint density at radius 2 is 1.89 bits per heavy atom. The Morgan fingerprint density at radius 1 is 1.19 bits per heavy atom. The maximum Gasteiger partial charge on any atom is 0.242 e. The fourth-order valence-corrected chi connectivity index (χ4v) is 3.70. The van der Waals surface area contributed by atoms with Gasteiger partial charge in [0.25, 0.3) is 0 Å². The zero-order valence-electron chi connectivity index (χ0n) is 15.9. The van der Waals surface area contributed by atoms with E-state index in [4.69, 9.17) is 11.6 Å². The van der Waals surface area contributed by atoms with E-state index in [1.165, 1.54) is 0 Å². The molecule has 0 radical (unpaired) electrons. The number of halogens is 1. The zero-order chi connectivity index (χ0) is 19.8. The van der Waals surface area contributed by atoms with E-state index in [2.05, 4.69) is 5.32 Å². The van der Waals surface area contributed by atoms with Gasteiger partial charge in [0.1, 0.15) is 6.04 Å². The maximum absolute atomic E-state index is 12.9. The smallest absolute Gasteiger partial charge is 0.242 e. The first-order chi connectivity index (χ1) is 12.9. The number of nitrogens with zero attached hydrogens (tertiary/aromatic N) is 1. The van der Waals surface area contributed by atoms with Gasteiger partial charge in [-0.15, -0.1) is 11.8 Å². The molecule has 1 atom stereocenters. The number of aryl methyl sites for hydroxylation is 1. The van der Waals surface area contributed by atoms with Crippen LogP contribution in [0, 0.1) is 6.92 Å². The second kappa shape index (κ2) is 10.4. The molecule has 1 N–H and O–H groups in total. The molecule has 2 amide bonds. The van der Waals surface area contributed by atoms with E-state index in [1.807, 2.05) is 55.5 Å². The van der Waals surface area contributed by atoms with Crippen LogP contribution in [0.4, 0.5) is 0 Å². The normalized spacial score (nSPS) is 11.7. The van der Waals surface area contributed by atoms with E-state index < -0.39 is 6.04 Å². The molecule has 6 heteroatoms. The third-order valence-electron chi connectivity index (χ3n) is 4.25. The van der Waals surface area contributed by atoms with Crippen molar-refractivity contribution < 1.29 is 9.59 Å². The fraction of sp³-hybridized carbons (Fsp3) is 0.333. The molecule has 0 aliphatic rings. The highest BCUT2D eigenvalue weighted by atomic mass is 35.5. The summed E-state index contributed by atoms with van der Waals surface area (Å²) in [5.74, 6) is 0.445. The van der Waals surface area contributed by atoms with Crippen LogP contribution < -0.4 is 5.32 Å². The molecule has 2 rings (SSSR count). The van der Waals surface area contributed by atoms with Crippen molar-refractivity contribution in [1.29, 1.82) is 0 Å². The third-order valence-corrected chi connectivity index (χ3v) is 5.51. The van der Waals surface area contributed by atoms with Gasteiger partial charge in [-0.3, -0.25) is 9.59 Å². The number of likely N-dealkylation sites (N-methyl/N-ethyl adjacent to an activating group) is 1. The first-order valence-corrected chi connectivity index (χ1v) is 10.2. The number of benzene rings is 2. The van der Waals surface area contributed by atoms with Crippen LogP contribution in [0.3, 0.4) is 0 Å². The molecule has 0 heterocycles. The Labute approximate surface area is 170 Å². The summed E-state index contributed by atoms with van der Waals surface area (Å²) in [6.45, 7) is 4.19. The average molecular weight is 405 g/mol. The zero-order valence-corrected chi connectivity index (χ0v) is 17.4. The molecule has 0 bridgehead atoms. The minimum absolute atomic E-state index is 0.0333. The summed E-state index contributed by atoms with van der Waals surface area (Å²) in [6.07, 6.45) is 0.362. The van der Waals surface area contributed by atoms with E-state index in [0.717, 1.165) is 16.0 Å². The minimum atomic E-state index is -0.524. The van der Waals surface area contributed by atoms with Crippen molar-refractivity contribution in [2.75, 3.05) is 12.8 Å². The van der Waals surface area contributed by atoms with Gasteiger partial charge in [0.05, 0.1) is 0 Å². The summed E-state index contributed by atoms with van der Waals surface area (Å²) in [5.41, 5.74) is 2.15. The second-order valence-electron chi connectivity index (χ2n) is 6.35. The molecule has 27 heavy (non-hydrogen) atoms. The Bertz CT molecular complexity index is 780. The van der Waals surface area contributed by atoms with Crippen molar-refractivity contribution in [2.24, 2.45) is 0 Å². The predicted octanol–water partition coefficient (Wildman–Crippen LogP) is 4.29. The van der Waals surface area contributed by atoms with Gasteiger partial charge in [0.2, 0.25) is 11.8 Å². The molecular weight excluding hydrogens is 380 g/mol. The van der Waals surface area contributed by atoms with Crippen molar-refractivity contribution in [3.05, 3.63) is 64.7 Å². The highest BCUT2D eigenvalue weighted by Gasteiger charge is 2.25. The quantitative estimate of drug-likeness (QED) is 0.667. The van der Waals surface area contributed by atoms with Crippen LogP contribution in [0.2, 0.25) is 5.02 Å². The van der Waals surface area contributed by atoms with Gasteiger partial charge in [-0.2, -0.15) is 0 Å². The summed E-state index contributed by atoms with van der Waals surface area (Å²) in [7, 11) is 1.59. The maximum atomic E-state index is 12.9. The third kappa shape index (κ3) is 6.60. The molecule has 2 aromatic carbocycles. The first-order valence-electron chi connectivity index (χ1n) is 8.85. The fourth-order valence-electron chi connectivity index (χ4n) is 2.73. The standard InChI is InChI=1S/C21H25ClN2O2S/c1-15-5-4-6-17(13-15)14-24(16(2)21(26)23-3)20(25)11-12-27-19-9-7-18(22)8-10-19/h4-10,13,16H,11-12,14H2,1-3H3,(H,23,26)/t16-/m1/s1. The lowest BCUT2D eigenvalue weighted by atomic mass is 10.1. The van der Waals surface area contributed by atoms with Gasteiger partial charge in [0.15, 0.2) is 0 Å². The lowest BCUT2D eigenvalue weighted by molar-refractivity contribution is -0.140. The molecule has 144 valence electrons. The Morgan fingerprint density at radius 3 is 2.52 bits per heavy atom. The van der Waals surface area contributed by atoms with Gasteiger partial charge < -0.3 is 10.2 Å². The number of thioether (sulfide) groups is 1. The van der Waals surface area contributed by atoms with Crippen LogP contribution in [0.15, 0.2) is 53.4 Å². The summed E-state index contributed by atoms with van der Waals surface area (Å²) in [5, 5.41) is 3.33. The molecule has 0 aliphatic carbocycles. The lowest BCUT2D eigenvalue weighted by Crippen LogP contribution is -2.46. The van der Waals surface area contributed by atoms with Crippen LogP contribution in [0.25, 0.3) is 0 Å². The molecule has 4 nitrogen and oxygen atoms in total. The molecule has 0 spiro atoms. The second-order valence-corrected chi connectivity index (χ2v) is 7.96. The highest BCUT2D eigenvalue weighted by Crippen LogP contribution is 2.22. The van der Waals surface area contributed by atoms with Crippen LogP contribution in [0.1, 0.15) is 24.5 Å². The van der Waals surface area contributed by atoms with Crippen LogP contribution in [0.5, 0.6) is 0 Å². The van der Waals surface area contributed by atoms with Gasteiger partial charge in [-0.25, -0.2) is 0 Å². The van der Waals surface area contributed by atoms with Crippen molar-refractivity contribution in [1.82, 2.24) is 10.2 Å². The summed E-state index contributed by atoms with van der Waals surface area (Å²) >= 11 is 7.50. The average Bonchev–Trinajstić information content (AvgIpc) is 2.66. The van der Waals surface area contributed by atoms with Crippen molar-refractivity contribution >= 4 is 35.2 Å². The number of nitrogens with one attached hydrogen (secondary N) is 1. The molecule has 2 aromatic rings. The van der Waals surface area contributed by atoms with E-state index in [0.29, 0.717) is 23.7 Å². The number of hydrogen-bond acceptors (Lipinski definition) is 3. The number of carbonyl (C=O) groups excluding carboxylic acids is 2. The number of carbonyl (C=O) groups is 2. The predicted molar refractivity (Wildman–Crippen MR) is 112 cm³/mol. The van der Waals surface area contributed by atoms with E-state index in [1.54, 1.807) is 30.6 Å². The molecule has 0 fully saturated rings. The van der Waals surface area contributed by atoms with Gasteiger partial charge >= 0.3 is 0 Å². The van der Waals surface area contributed by atoms with E-state index in [-0.39, 0.29) is 11.8 Å². The topological polar surface area (TPSA) is 49.4 Å². The van der Waals surface area contributed by atoms with Crippen molar-refractivity contribution in [3.8, 4) is 0 Å². The Hall–Kier alpha value is -1.98. The summed E-state index contributed by atoms with van der Waals surface area (Å²) in [6, 6.07) is 15.0. The van der Waals surface area contributed by atoms with Gasteiger partial charge in [-0.1, -0.05) is 41.4 Å². The Kier molecular flexibility index (Phi) is 8.20. The van der Waals surface area contributed by atoms with Crippen molar-refractivity contribution in [3.63, 3.8) is 0 Å². The van der Waals surface area contributed by atoms with Crippen LogP contribution >= 0.6 is 23.4 Å². The number of rotatable bonds is 8. The number of hydrogen-bond donors (Lipinski definition) is 1. The molecule has 0 saturated heterocycles. The molecular formula is C21H25ClN2O2S. The molecule has 0 unspecified atom stereocenters. The van der Waals surface area contributed by atoms with Crippen molar-refractivity contribution in [2.45, 2.75) is 37.8 Å². The highest BCUT2D eigenvalue weighted by molar-refractivity contribution is 7.99. The first kappa shape index (κ1) is 21.3. The monoisotopic (exact) mass is 404 g/mol. The lowest BCUT2D eigenvalue weighted by Gasteiger charge is -2.28. The molecule has 0 saturated carbocycles. The number of amides is 2. The van der Waals surface area contributed by atoms with E-state index >= 15 is 0 Å². The van der Waals surface area contributed by atoms with Gasteiger partial charge in [0, 0.05) is 35.7 Å². The van der Waals surface area contributed by atoms with Gasteiger partial charge in [-0.05, 0) is 43.7 Å².